The quantitative estimate of drug-likeness (QED) is 0.686. The van der Waals surface area contributed by atoms with Gasteiger partial charge in [-0.15, -0.1) is 0 Å². The van der Waals surface area contributed by atoms with Gasteiger partial charge in [0.15, 0.2) is 0 Å². The fourth-order valence-corrected chi connectivity index (χ4v) is 2.44. The van der Waals surface area contributed by atoms with E-state index in [9.17, 15) is 4.39 Å². The van der Waals surface area contributed by atoms with Crippen LogP contribution in [-0.4, -0.2) is 6.17 Å². The normalized spacial score (nSPS) is 19.0. The van der Waals surface area contributed by atoms with Crippen molar-refractivity contribution in [2.75, 3.05) is 0 Å². The molecule has 2 rings (SSSR count). The third kappa shape index (κ3) is 5.26. The highest BCUT2D eigenvalue weighted by molar-refractivity contribution is 6.31. The van der Waals surface area contributed by atoms with Crippen LogP contribution in [-0.2, 0) is 0 Å². The van der Waals surface area contributed by atoms with Gasteiger partial charge in [-0.1, -0.05) is 60.2 Å². The molecule has 1 aliphatic carbocycles. The second-order valence-corrected chi connectivity index (χ2v) is 6.05. The van der Waals surface area contributed by atoms with Crippen LogP contribution in [0.2, 0.25) is 0 Å². The molecule has 120 valence electrons. The third-order valence-corrected chi connectivity index (χ3v) is 3.85. The smallest absolute Gasteiger partial charge is 0.144 e. The van der Waals surface area contributed by atoms with Crippen molar-refractivity contribution in [1.29, 1.82) is 0 Å². The first-order valence-corrected chi connectivity index (χ1v) is 7.93. The molecular weight excluding hydrogens is 309 g/mol. The maximum absolute atomic E-state index is 14.0. The molecule has 0 saturated carbocycles. The van der Waals surface area contributed by atoms with Gasteiger partial charge in [0.25, 0.3) is 0 Å². The Bertz CT molecular complexity index is 697. The van der Waals surface area contributed by atoms with Crippen LogP contribution >= 0.6 is 11.6 Å². The van der Waals surface area contributed by atoms with Gasteiger partial charge in [0.1, 0.15) is 6.17 Å². The van der Waals surface area contributed by atoms with Crippen molar-refractivity contribution in [3.63, 3.8) is 0 Å². The number of benzene rings is 1. The highest BCUT2D eigenvalue weighted by Crippen LogP contribution is 2.19. The maximum atomic E-state index is 14.0. The van der Waals surface area contributed by atoms with Crippen LogP contribution in [0.1, 0.15) is 24.1 Å². The molecule has 1 aromatic rings. The lowest BCUT2D eigenvalue weighted by Crippen LogP contribution is -2.16. The molecule has 0 fully saturated rings. The van der Waals surface area contributed by atoms with Gasteiger partial charge < -0.3 is 5.32 Å². The van der Waals surface area contributed by atoms with E-state index in [1.165, 1.54) is 17.2 Å². The molecule has 2 unspecified atom stereocenters. The van der Waals surface area contributed by atoms with E-state index >= 15 is 0 Å². The van der Waals surface area contributed by atoms with E-state index in [1.807, 2.05) is 6.07 Å². The number of alkyl halides is 1. The van der Waals surface area contributed by atoms with Gasteiger partial charge in [-0.05, 0) is 49.3 Å². The van der Waals surface area contributed by atoms with Gasteiger partial charge in [0.05, 0.1) is 0 Å². The molecule has 1 nitrogen and oxygen atoms in total. The van der Waals surface area contributed by atoms with E-state index in [1.54, 1.807) is 30.4 Å². The first kappa shape index (κ1) is 17.3. The van der Waals surface area contributed by atoms with Gasteiger partial charge in [0, 0.05) is 16.8 Å². The van der Waals surface area contributed by atoms with Crippen LogP contribution in [0.5, 0.6) is 0 Å². The summed E-state index contributed by atoms with van der Waals surface area (Å²) in [4.78, 5) is 0. The summed E-state index contributed by atoms with van der Waals surface area (Å²) in [7, 11) is 0. The van der Waals surface area contributed by atoms with Crippen LogP contribution in [0, 0.1) is 6.92 Å². The van der Waals surface area contributed by atoms with Crippen molar-refractivity contribution in [3.8, 4) is 0 Å². The molecule has 0 bridgehead atoms. The average Bonchev–Trinajstić information content (AvgIpc) is 2.67. The van der Waals surface area contributed by atoms with Crippen molar-refractivity contribution >= 4 is 11.6 Å². The van der Waals surface area contributed by atoms with Gasteiger partial charge >= 0.3 is 0 Å². The molecule has 1 aromatic carbocycles. The van der Waals surface area contributed by atoms with Crippen molar-refractivity contribution in [3.05, 3.63) is 94.7 Å². The second-order valence-electron chi connectivity index (χ2n) is 5.62. The zero-order valence-corrected chi connectivity index (χ0v) is 14.1. The fourth-order valence-electron chi connectivity index (χ4n) is 2.30. The molecule has 0 spiro atoms. The Hall–Kier alpha value is -2.06. The van der Waals surface area contributed by atoms with E-state index in [0.717, 1.165) is 5.70 Å². The maximum Gasteiger partial charge on any atom is 0.144 e. The number of allylic oxidation sites excluding steroid dienone is 8. The third-order valence-electron chi connectivity index (χ3n) is 3.60. The summed E-state index contributed by atoms with van der Waals surface area (Å²) in [6.07, 6.45) is 8.71. The van der Waals surface area contributed by atoms with Gasteiger partial charge in [-0.3, -0.25) is 0 Å². The van der Waals surface area contributed by atoms with Crippen LogP contribution in [0.15, 0.2) is 83.6 Å². The predicted molar refractivity (Wildman–Crippen MR) is 97.1 cm³/mol. The summed E-state index contributed by atoms with van der Waals surface area (Å²) in [5, 5.41) is 3.83. The van der Waals surface area contributed by atoms with Crippen molar-refractivity contribution in [1.82, 2.24) is 5.32 Å². The van der Waals surface area contributed by atoms with E-state index in [0.29, 0.717) is 10.6 Å². The number of hydrogen-bond acceptors (Lipinski definition) is 1. The summed E-state index contributed by atoms with van der Waals surface area (Å²) in [5.74, 6) is 0. The van der Waals surface area contributed by atoms with Gasteiger partial charge in [0.2, 0.25) is 0 Å². The van der Waals surface area contributed by atoms with Crippen LogP contribution in [0.25, 0.3) is 0 Å². The standard InChI is InChI=1S/C20H21ClFN/c1-14-5-4-6-18(13-14)16(3)23-15(2)7-8-17-9-10-19(21)11-12-20(17)22/h4-13,16,20,23H,2H2,1,3H3/b8-7+. The Labute approximate surface area is 142 Å². The molecule has 1 N–H and O–H groups in total. The van der Waals surface area contributed by atoms with Gasteiger partial charge in [-0.2, -0.15) is 0 Å². The number of aryl methyl sites for hydroxylation is 1. The highest BCUT2D eigenvalue weighted by atomic mass is 35.5. The Morgan fingerprint density at radius 3 is 2.91 bits per heavy atom. The molecule has 0 heterocycles. The summed E-state index contributed by atoms with van der Waals surface area (Å²) < 4.78 is 14.0. The number of hydrogen-bond donors (Lipinski definition) is 1. The molecule has 3 heteroatoms. The van der Waals surface area contributed by atoms with Crippen molar-refractivity contribution < 1.29 is 4.39 Å². The molecular formula is C20H21ClFN. The molecule has 0 amide bonds. The lowest BCUT2D eigenvalue weighted by molar-refractivity contribution is 0.456. The van der Waals surface area contributed by atoms with Crippen LogP contribution in [0.4, 0.5) is 4.39 Å². The van der Waals surface area contributed by atoms with Gasteiger partial charge in [-0.25, -0.2) is 4.39 Å². The second kappa shape index (κ2) is 7.98. The van der Waals surface area contributed by atoms with Crippen LogP contribution in [0.3, 0.4) is 0 Å². The van der Waals surface area contributed by atoms with E-state index < -0.39 is 6.17 Å². The molecule has 23 heavy (non-hydrogen) atoms. The van der Waals surface area contributed by atoms with E-state index in [4.69, 9.17) is 11.6 Å². The molecule has 0 saturated heterocycles. The average molecular weight is 330 g/mol. The Balaban J connectivity index is 2.00. The Kier molecular flexibility index (Phi) is 6.00. The lowest BCUT2D eigenvalue weighted by Gasteiger charge is -2.16. The zero-order valence-electron chi connectivity index (χ0n) is 13.4. The summed E-state index contributed by atoms with van der Waals surface area (Å²) in [6.45, 7) is 8.12. The number of halogens is 2. The minimum absolute atomic E-state index is 0.130. The molecule has 0 aromatic heterocycles. The minimum Gasteiger partial charge on any atom is -0.379 e. The lowest BCUT2D eigenvalue weighted by atomic mass is 10.1. The first-order chi connectivity index (χ1) is 11.0. The first-order valence-electron chi connectivity index (χ1n) is 7.55. The zero-order chi connectivity index (χ0) is 16.8. The topological polar surface area (TPSA) is 12.0 Å². The number of rotatable bonds is 5. The van der Waals surface area contributed by atoms with Crippen molar-refractivity contribution in [2.24, 2.45) is 0 Å². The predicted octanol–water partition coefficient (Wildman–Crippen LogP) is 5.67. The van der Waals surface area contributed by atoms with E-state index in [2.05, 4.69) is 43.9 Å². The van der Waals surface area contributed by atoms with Crippen molar-refractivity contribution in [2.45, 2.75) is 26.1 Å². The fraction of sp³-hybridized carbons (Fsp3) is 0.200. The molecule has 0 radical (unpaired) electrons. The van der Waals surface area contributed by atoms with Crippen LogP contribution < -0.4 is 5.32 Å². The largest absolute Gasteiger partial charge is 0.379 e. The SMILES string of the molecule is C=C(/C=C/C1=CC=C(Cl)C=CC1F)NC(C)c1cccc(C)c1. The Morgan fingerprint density at radius 2 is 2.17 bits per heavy atom. The summed E-state index contributed by atoms with van der Waals surface area (Å²) in [5.41, 5.74) is 3.68. The number of nitrogens with one attached hydrogen (secondary N) is 1. The molecule has 0 aliphatic heterocycles. The molecule has 2 atom stereocenters. The highest BCUT2D eigenvalue weighted by Gasteiger charge is 2.09. The monoisotopic (exact) mass is 329 g/mol. The van der Waals surface area contributed by atoms with E-state index in [-0.39, 0.29) is 6.04 Å². The Morgan fingerprint density at radius 1 is 1.39 bits per heavy atom. The molecule has 1 aliphatic rings. The summed E-state index contributed by atoms with van der Waals surface area (Å²) in [6, 6.07) is 8.44. The summed E-state index contributed by atoms with van der Waals surface area (Å²) >= 11 is 5.87. The minimum atomic E-state index is -1.17.